The predicted octanol–water partition coefficient (Wildman–Crippen LogP) is 3.41. The molecule has 1 spiro atoms. The summed E-state index contributed by atoms with van der Waals surface area (Å²) in [4.78, 5) is 38.0. The van der Waals surface area contributed by atoms with Gasteiger partial charge in [-0.05, 0) is 47.8 Å². The van der Waals surface area contributed by atoms with Gasteiger partial charge in [0.05, 0.1) is 0 Å². The lowest BCUT2D eigenvalue weighted by Crippen LogP contribution is -2.52. The van der Waals surface area contributed by atoms with Gasteiger partial charge in [0.15, 0.2) is 5.96 Å². The molecule has 9 nitrogen and oxygen atoms in total. The summed E-state index contributed by atoms with van der Waals surface area (Å²) in [6.45, 7) is 2.00. The summed E-state index contributed by atoms with van der Waals surface area (Å²) in [6, 6.07) is 30.3. The minimum Gasteiger partial charge on any atom is -0.370 e. The van der Waals surface area contributed by atoms with Gasteiger partial charge in [-0.1, -0.05) is 84.9 Å². The molecule has 1 aliphatic carbocycles. The van der Waals surface area contributed by atoms with Gasteiger partial charge in [0.25, 0.3) is 5.91 Å². The van der Waals surface area contributed by atoms with E-state index in [4.69, 9.17) is 11.5 Å². The van der Waals surface area contributed by atoms with E-state index >= 15 is 0 Å². The number of carbonyl (C=O) groups excluding carboxylic acids is 2. The molecule has 6 N–H and O–H groups in total. The fraction of sp³-hybridized carbons (Fsp3) is 0.314. The van der Waals surface area contributed by atoms with E-state index < -0.39 is 5.54 Å². The maximum atomic E-state index is 14.3. The fourth-order valence-electron chi connectivity index (χ4n) is 6.50. The number of carbonyl (C=O) groups is 2. The Morgan fingerprint density at radius 1 is 1.00 bits per heavy atom. The van der Waals surface area contributed by atoms with E-state index in [1.54, 1.807) is 6.20 Å². The first kappa shape index (κ1) is 29.3. The van der Waals surface area contributed by atoms with Crippen molar-refractivity contribution in [3.8, 4) is 0 Å². The number of aromatic nitrogens is 1. The normalized spacial score (nSPS) is 21.3. The average Bonchev–Trinajstić information content (AvgIpc) is 3.78. The molecular formula is C35H39N7O2. The number of aliphatic imine (C=N–C) groups is 1. The van der Waals surface area contributed by atoms with E-state index in [9.17, 15) is 9.59 Å². The van der Waals surface area contributed by atoms with Crippen molar-refractivity contribution in [3.63, 3.8) is 0 Å². The molecule has 1 aromatic heterocycles. The molecule has 44 heavy (non-hydrogen) atoms. The zero-order valence-corrected chi connectivity index (χ0v) is 24.7. The molecule has 2 heterocycles. The van der Waals surface area contributed by atoms with Gasteiger partial charge in [-0.2, -0.15) is 0 Å². The number of nitrogens with zero attached hydrogens (tertiary/aromatic N) is 3. The van der Waals surface area contributed by atoms with E-state index in [0.29, 0.717) is 51.1 Å². The van der Waals surface area contributed by atoms with Crippen molar-refractivity contribution in [1.29, 1.82) is 0 Å². The second-order valence-corrected chi connectivity index (χ2v) is 11.8. The Bertz CT molecular complexity index is 1600. The van der Waals surface area contributed by atoms with Crippen LogP contribution in [-0.4, -0.2) is 65.4 Å². The van der Waals surface area contributed by atoms with Gasteiger partial charge in [0.1, 0.15) is 11.2 Å². The molecule has 1 saturated heterocycles. The number of amides is 2. The fourth-order valence-corrected chi connectivity index (χ4v) is 6.50. The van der Waals surface area contributed by atoms with Crippen LogP contribution in [0.3, 0.4) is 0 Å². The zero-order valence-electron chi connectivity index (χ0n) is 24.7. The Hall–Kier alpha value is -4.76. The van der Waals surface area contributed by atoms with Gasteiger partial charge < -0.3 is 21.7 Å². The molecule has 3 unspecified atom stereocenters. The third-order valence-electron chi connectivity index (χ3n) is 8.93. The molecule has 6 rings (SSSR count). The Labute approximate surface area is 257 Å². The molecule has 3 aromatic carbocycles. The van der Waals surface area contributed by atoms with Crippen LogP contribution in [0.2, 0.25) is 0 Å². The quantitative estimate of drug-likeness (QED) is 0.165. The van der Waals surface area contributed by atoms with Crippen molar-refractivity contribution >= 4 is 28.5 Å². The van der Waals surface area contributed by atoms with Crippen molar-refractivity contribution in [3.05, 3.63) is 114 Å². The molecule has 4 aromatic rings. The van der Waals surface area contributed by atoms with E-state index in [1.807, 2.05) is 71.6 Å². The number of nitrogens with one attached hydrogen (secondary N) is 2. The van der Waals surface area contributed by atoms with Crippen LogP contribution < -0.4 is 22.1 Å². The van der Waals surface area contributed by atoms with Crippen LogP contribution in [0.25, 0.3) is 10.8 Å². The third kappa shape index (κ3) is 6.43. The molecule has 2 fully saturated rings. The van der Waals surface area contributed by atoms with Gasteiger partial charge in [-0.15, -0.1) is 0 Å². The maximum absolute atomic E-state index is 14.3. The van der Waals surface area contributed by atoms with E-state index in [0.717, 1.165) is 10.8 Å². The van der Waals surface area contributed by atoms with Crippen molar-refractivity contribution in [2.24, 2.45) is 22.4 Å². The smallest absolute Gasteiger partial charge is 0.269 e. The van der Waals surface area contributed by atoms with Gasteiger partial charge in [0.2, 0.25) is 5.91 Å². The first-order chi connectivity index (χ1) is 21.4. The molecule has 1 aliphatic heterocycles. The molecule has 0 radical (unpaired) electrons. The second kappa shape index (κ2) is 12.9. The predicted molar refractivity (Wildman–Crippen MR) is 173 cm³/mol. The Morgan fingerprint density at radius 2 is 1.66 bits per heavy atom. The highest BCUT2D eigenvalue weighted by molar-refractivity contribution is 5.96. The van der Waals surface area contributed by atoms with Crippen molar-refractivity contribution < 1.29 is 9.59 Å². The standard InChI is InChI=1S/C35H39N7O2/c36-34(37)38-17-15-28-20-35(28)33(44)42(23-30(24-9-3-1-4-10-24)25-11-5-2-6-12-25)18-16-29(41-35)22-40-32(43)31-19-26-13-7-8-14-27(26)21-39-31/h1-14,19,21,28-30,41H,15-18,20,22-23H2,(H,40,43)(H4,36,37,38). The van der Waals surface area contributed by atoms with Crippen LogP contribution in [0.1, 0.15) is 46.8 Å². The second-order valence-electron chi connectivity index (χ2n) is 11.8. The number of hydrogen-bond donors (Lipinski definition) is 4. The average molecular weight is 590 g/mol. The summed E-state index contributed by atoms with van der Waals surface area (Å²) < 4.78 is 0. The highest BCUT2D eigenvalue weighted by Gasteiger charge is 2.62. The summed E-state index contributed by atoms with van der Waals surface area (Å²) in [5.41, 5.74) is 13.2. The first-order valence-electron chi connectivity index (χ1n) is 15.3. The number of hydrogen-bond acceptors (Lipinski definition) is 5. The molecule has 3 atom stereocenters. The first-order valence-corrected chi connectivity index (χ1v) is 15.3. The molecular weight excluding hydrogens is 550 g/mol. The number of guanidine groups is 1. The molecule has 226 valence electrons. The van der Waals surface area contributed by atoms with Crippen LogP contribution >= 0.6 is 0 Å². The van der Waals surface area contributed by atoms with Crippen molar-refractivity contribution in [2.45, 2.75) is 36.8 Å². The van der Waals surface area contributed by atoms with Crippen LogP contribution in [0.15, 0.2) is 102 Å². The minimum absolute atomic E-state index is 0.0347. The molecule has 0 bridgehead atoms. The van der Waals surface area contributed by atoms with Crippen LogP contribution in [-0.2, 0) is 4.79 Å². The molecule has 1 saturated carbocycles. The lowest BCUT2D eigenvalue weighted by molar-refractivity contribution is -0.134. The van der Waals surface area contributed by atoms with Crippen molar-refractivity contribution in [2.75, 3.05) is 26.2 Å². The molecule has 2 amide bonds. The highest BCUT2D eigenvalue weighted by atomic mass is 16.2. The van der Waals surface area contributed by atoms with Gasteiger partial charge in [-0.25, -0.2) is 0 Å². The Balaban J connectivity index is 1.21. The lowest BCUT2D eigenvalue weighted by atomic mass is 9.90. The Morgan fingerprint density at radius 3 is 2.34 bits per heavy atom. The SMILES string of the molecule is NC(N)=NCCC1CC12NC(CNC(=O)c1cc3ccccc3cn1)CCN(CC(c1ccccc1)c1ccccc1)C2=O. The van der Waals surface area contributed by atoms with Crippen LogP contribution in [0, 0.1) is 5.92 Å². The third-order valence-corrected chi connectivity index (χ3v) is 8.93. The topological polar surface area (TPSA) is 139 Å². The van der Waals surface area contributed by atoms with Crippen LogP contribution in [0.4, 0.5) is 0 Å². The largest absolute Gasteiger partial charge is 0.370 e. The number of fused-ring (bicyclic) bond motifs is 1. The van der Waals surface area contributed by atoms with Gasteiger partial charge >= 0.3 is 0 Å². The highest BCUT2D eigenvalue weighted by Crippen LogP contribution is 2.49. The monoisotopic (exact) mass is 589 g/mol. The summed E-state index contributed by atoms with van der Waals surface area (Å²) in [5.74, 6) is 0.0674. The number of benzene rings is 3. The summed E-state index contributed by atoms with van der Waals surface area (Å²) >= 11 is 0. The maximum Gasteiger partial charge on any atom is 0.269 e. The van der Waals surface area contributed by atoms with Gasteiger partial charge in [0, 0.05) is 49.7 Å². The van der Waals surface area contributed by atoms with Gasteiger partial charge in [-0.3, -0.25) is 24.9 Å². The number of rotatable bonds is 10. The van der Waals surface area contributed by atoms with Crippen LogP contribution in [0.5, 0.6) is 0 Å². The zero-order chi connectivity index (χ0) is 30.5. The molecule has 2 aliphatic rings. The van der Waals surface area contributed by atoms with E-state index in [-0.39, 0.29) is 35.7 Å². The van der Waals surface area contributed by atoms with E-state index in [2.05, 4.69) is 44.9 Å². The van der Waals surface area contributed by atoms with E-state index in [1.165, 1.54) is 11.1 Å². The minimum atomic E-state index is -0.704. The summed E-state index contributed by atoms with van der Waals surface area (Å²) in [6.07, 6.45) is 3.84. The van der Waals surface area contributed by atoms with Crippen molar-refractivity contribution in [1.82, 2.24) is 20.5 Å². The number of pyridine rings is 1. The molecule has 9 heteroatoms. The number of nitrogens with two attached hydrogens (primary N) is 2. The summed E-state index contributed by atoms with van der Waals surface area (Å²) in [5, 5.41) is 8.71. The summed E-state index contributed by atoms with van der Waals surface area (Å²) in [7, 11) is 0. The Kier molecular flexibility index (Phi) is 8.56. The lowest BCUT2D eigenvalue weighted by Gasteiger charge is -2.30.